The van der Waals surface area contributed by atoms with E-state index in [0.717, 1.165) is 41.4 Å². The highest BCUT2D eigenvalue weighted by Gasteiger charge is 2.60. The van der Waals surface area contributed by atoms with Crippen molar-refractivity contribution in [3.05, 3.63) is 28.3 Å². The van der Waals surface area contributed by atoms with Gasteiger partial charge in [-0.2, -0.15) is 0 Å². The van der Waals surface area contributed by atoms with Gasteiger partial charge in [0.1, 0.15) is 5.52 Å². The molecular weight excluding hydrogens is 482 g/mol. The summed E-state index contributed by atoms with van der Waals surface area (Å²) in [5, 5.41) is 0.562. The monoisotopic (exact) mass is 521 g/mol. The van der Waals surface area contributed by atoms with Crippen LogP contribution >= 0.6 is 11.3 Å². The summed E-state index contributed by atoms with van der Waals surface area (Å²) in [5.74, 6) is -1.57. The molecule has 198 valence electrons. The van der Waals surface area contributed by atoms with Gasteiger partial charge >= 0.3 is 0 Å². The van der Waals surface area contributed by atoms with E-state index in [1.54, 1.807) is 0 Å². The average molecular weight is 522 g/mol. The van der Waals surface area contributed by atoms with E-state index in [1.807, 2.05) is 0 Å². The Balaban J connectivity index is 1.17. The molecule has 1 heterocycles. The molecule has 2 aromatic rings. The van der Waals surface area contributed by atoms with Gasteiger partial charge in [-0.25, -0.2) is 22.5 Å². The molecule has 6 rings (SSSR count). The van der Waals surface area contributed by atoms with E-state index < -0.39 is 23.3 Å². The summed E-state index contributed by atoms with van der Waals surface area (Å²) in [4.78, 5) is 4.17. The van der Waals surface area contributed by atoms with E-state index in [-0.39, 0.29) is 10.2 Å². The third-order valence-electron chi connectivity index (χ3n) is 11.8. The van der Waals surface area contributed by atoms with Crippen LogP contribution in [0.1, 0.15) is 96.4 Å². The number of rotatable bonds is 4. The zero-order chi connectivity index (χ0) is 25.4. The van der Waals surface area contributed by atoms with Crippen molar-refractivity contribution in [3.63, 3.8) is 0 Å². The van der Waals surface area contributed by atoms with Gasteiger partial charge in [0.05, 0.1) is 9.71 Å². The van der Waals surface area contributed by atoms with Gasteiger partial charge in [0.2, 0.25) is 0 Å². The molecule has 8 unspecified atom stereocenters. The van der Waals surface area contributed by atoms with Crippen molar-refractivity contribution in [2.45, 2.75) is 97.8 Å². The van der Waals surface area contributed by atoms with E-state index in [0.29, 0.717) is 34.1 Å². The van der Waals surface area contributed by atoms with E-state index in [2.05, 4.69) is 25.8 Å². The van der Waals surface area contributed by atoms with E-state index in [1.165, 1.54) is 64.2 Å². The lowest BCUT2D eigenvalue weighted by Gasteiger charge is -2.61. The van der Waals surface area contributed by atoms with Crippen molar-refractivity contribution < 1.29 is 17.6 Å². The lowest BCUT2D eigenvalue weighted by molar-refractivity contribution is -0.114. The first-order valence-electron chi connectivity index (χ1n) is 14.3. The van der Waals surface area contributed by atoms with Gasteiger partial charge in [0.25, 0.3) is 0 Å². The number of thiazole rings is 1. The van der Waals surface area contributed by atoms with Crippen LogP contribution in [-0.4, -0.2) is 4.98 Å². The van der Waals surface area contributed by atoms with Crippen LogP contribution in [0.5, 0.6) is 0 Å². The summed E-state index contributed by atoms with van der Waals surface area (Å²) in [5.41, 5.74) is 0.552. The maximum atomic E-state index is 14.2. The Hall–Kier alpha value is -1.17. The number of benzene rings is 1. The van der Waals surface area contributed by atoms with E-state index in [4.69, 9.17) is 0 Å². The molecule has 0 N–H and O–H groups in total. The van der Waals surface area contributed by atoms with E-state index in [9.17, 15) is 17.6 Å². The Labute approximate surface area is 216 Å². The highest BCUT2D eigenvalue weighted by atomic mass is 32.1. The molecule has 4 aliphatic carbocycles. The Morgan fingerprint density at radius 3 is 2.39 bits per heavy atom. The first-order chi connectivity index (χ1) is 17.1. The third kappa shape index (κ3) is 3.62. The lowest BCUT2D eigenvalue weighted by atomic mass is 9.44. The second-order valence-corrected chi connectivity index (χ2v) is 14.3. The van der Waals surface area contributed by atoms with Crippen LogP contribution < -0.4 is 0 Å². The number of fused-ring (bicyclic) bond motifs is 6. The smallest absolute Gasteiger partial charge is 0.199 e. The summed E-state index contributed by atoms with van der Waals surface area (Å²) >= 11 is 0.959. The molecule has 0 amide bonds. The molecule has 0 bridgehead atoms. The van der Waals surface area contributed by atoms with Gasteiger partial charge in [-0.1, -0.05) is 33.6 Å². The van der Waals surface area contributed by atoms with Crippen LogP contribution in [0.3, 0.4) is 0 Å². The van der Waals surface area contributed by atoms with Gasteiger partial charge in [-0.05, 0) is 111 Å². The predicted molar refractivity (Wildman–Crippen MR) is 137 cm³/mol. The molecule has 0 spiro atoms. The molecule has 0 radical (unpaired) electrons. The van der Waals surface area contributed by atoms with Gasteiger partial charge in [0, 0.05) is 0 Å². The van der Waals surface area contributed by atoms with E-state index >= 15 is 0 Å². The molecule has 4 aliphatic rings. The van der Waals surface area contributed by atoms with Crippen LogP contribution in [0.15, 0.2) is 0 Å². The Morgan fingerprint density at radius 2 is 1.58 bits per heavy atom. The third-order valence-corrected chi connectivity index (χ3v) is 12.9. The second-order valence-electron chi connectivity index (χ2n) is 13.2. The number of aromatic nitrogens is 1. The van der Waals surface area contributed by atoms with Crippen molar-refractivity contribution in [3.8, 4) is 0 Å². The predicted octanol–water partition coefficient (Wildman–Crippen LogP) is 9.47. The summed E-state index contributed by atoms with van der Waals surface area (Å²) in [6, 6.07) is 0. The van der Waals surface area contributed by atoms with Crippen molar-refractivity contribution in [2.75, 3.05) is 0 Å². The van der Waals surface area contributed by atoms with Crippen molar-refractivity contribution >= 4 is 21.6 Å². The van der Waals surface area contributed by atoms with Gasteiger partial charge < -0.3 is 0 Å². The molecule has 6 heteroatoms. The normalized spacial score (nSPS) is 39.0. The first kappa shape index (κ1) is 25.1. The summed E-state index contributed by atoms with van der Waals surface area (Å²) in [6.45, 7) is 7.52. The van der Waals surface area contributed by atoms with Crippen LogP contribution in [0.25, 0.3) is 10.2 Å². The standard InChI is InChI=1S/C30H39F4NS/c1-16(7-12-22-35-27-25(33)23(31)24(32)26(34)28(27)36-22)19-10-11-20-18-9-8-17-6-4-5-14-29(17,2)21(18)13-15-30(19,20)3/h16-21H,4-15H2,1-3H3. The molecular formula is C30H39F4NS. The minimum Gasteiger partial charge on any atom is -0.238 e. The lowest BCUT2D eigenvalue weighted by Crippen LogP contribution is -2.53. The fraction of sp³-hybridized carbons (Fsp3) is 0.767. The molecule has 36 heavy (non-hydrogen) atoms. The topological polar surface area (TPSA) is 12.9 Å². The summed E-state index contributed by atoms with van der Waals surface area (Å²) in [7, 11) is 0. The Bertz CT molecular complexity index is 1120. The van der Waals surface area contributed by atoms with Gasteiger partial charge in [-0.15, -0.1) is 11.3 Å². The van der Waals surface area contributed by atoms with Crippen molar-refractivity contribution in [1.29, 1.82) is 0 Å². The number of hydrogen-bond donors (Lipinski definition) is 0. The number of halogens is 4. The number of nitrogens with zero attached hydrogens (tertiary/aromatic N) is 1. The zero-order valence-corrected chi connectivity index (χ0v) is 22.6. The average Bonchev–Trinajstić information content (AvgIpc) is 3.46. The van der Waals surface area contributed by atoms with Crippen molar-refractivity contribution in [1.82, 2.24) is 4.98 Å². The van der Waals surface area contributed by atoms with Crippen LogP contribution in [0.2, 0.25) is 0 Å². The highest BCUT2D eigenvalue weighted by Crippen LogP contribution is 2.68. The first-order valence-corrected chi connectivity index (χ1v) is 15.1. The quantitative estimate of drug-likeness (QED) is 0.222. The molecule has 4 fully saturated rings. The minimum absolute atomic E-state index is 0.216. The minimum atomic E-state index is -1.78. The van der Waals surface area contributed by atoms with Gasteiger partial charge in [-0.3, -0.25) is 0 Å². The zero-order valence-electron chi connectivity index (χ0n) is 21.8. The van der Waals surface area contributed by atoms with Crippen molar-refractivity contribution in [2.24, 2.45) is 46.3 Å². The fourth-order valence-corrected chi connectivity index (χ4v) is 11.0. The summed E-state index contributed by atoms with van der Waals surface area (Å²) in [6.07, 6.45) is 15.3. The van der Waals surface area contributed by atoms with Crippen LogP contribution in [0.4, 0.5) is 17.6 Å². The Kier molecular flexibility index (Phi) is 6.25. The van der Waals surface area contributed by atoms with Crippen LogP contribution in [0, 0.1) is 69.6 Å². The number of aryl methyl sites for hydroxylation is 1. The molecule has 1 aromatic carbocycles. The second kappa shape index (κ2) is 8.95. The molecule has 8 atom stereocenters. The molecule has 0 aliphatic heterocycles. The van der Waals surface area contributed by atoms with Crippen LogP contribution in [-0.2, 0) is 6.42 Å². The summed E-state index contributed by atoms with van der Waals surface area (Å²) < 4.78 is 55.5. The molecule has 1 nitrogen and oxygen atoms in total. The highest BCUT2D eigenvalue weighted by molar-refractivity contribution is 7.18. The molecule has 4 saturated carbocycles. The Morgan fingerprint density at radius 1 is 0.833 bits per heavy atom. The maximum absolute atomic E-state index is 14.2. The molecule has 0 saturated heterocycles. The maximum Gasteiger partial charge on any atom is 0.199 e. The fourth-order valence-electron chi connectivity index (χ4n) is 9.99. The molecule has 1 aromatic heterocycles. The number of hydrogen-bond acceptors (Lipinski definition) is 2. The largest absolute Gasteiger partial charge is 0.238 e. The van der Waals surface area contributed by atoms with Gasteiger partial charge in [0.15, 0.2) is 23.3 Å². The SMILES string of the molecule is CC(CCc1nc2c(F)c(F)c(F)c(F)c2s1)C1CCC2C3CCC4CCCCC4(C)C3CCC12C.